The fourth-order valence-electron chi connectivity index (χ4n) is 3.51. The molecule has 1 aliphatic heterocycles. The Kier molecular flexibility index (Phi) is 5.28. The van der Waals surface area contributed by atoms with Crippen LogP contribution in [0.1, 0.15) is 74.5 Å². The van der Waals surface area contributed by atoms with E-state index in [2.05, 4.69) is 29.7 Å². The van der Waals surface area contributed by atoms with Crippen molar-refractivity contribution in [2.75, 3.05) is 6.61 Å². The van der Waals surface area contributed by atoms with Crippen molar-refractivity contribution in [2.24, 2.45) is 5.84 Å². The number of hydrogen-bond acceptors (Lipinski definition) is 3. The lowest BCUT2D eigenvalue weighted by Crippen LogP contribution is -2.30. The minimum Gasteiger partial charge on any atom is -0.378 e. The summed E-state index contributed by atoms with van der Waals surface area (Å²) in [7, 11) is 0. The van der Waals surface area contributed by atoms with Crippen LogP contribution in [0.2, 0.25) is 0 Å². The monoisotopic (exact) mass is 288 g/mol. The van der Waals surface area contributed by atoms with Gasteiger partial charge in [-0.05, 0) is 62.0 Å². The van der Waals surface area contributed by atoms with Crippen molar-refractivity contribution >= 4 is 0 Å². The van der Waals surface area contributed by atoms with Gasteiger partial charge in [0.25, 0.3) is 0 Å². The summed E-state index contributed by atoms with van der Waals surface area (Å²) in [5.41, 5.74) is 5.83. The summed E-state index contributed by atoms with van der Waals surface area (Å²) >= 11 is 0. The Bertz CT molecular complexity index is 439. The molecular formula is C18H28N2O. The summed E-state index contributed by atoms with van der Waals surface area (Å²) in [6.45, 7) is 0.933. The maximum Gasteiger partial charge on any atom is 0.0575 e. The van der Waals surface area contributed by atoms with E-state index in [4.69, 9.17) is 10.6 Å². The fraction of sp³-hybridized carbons (Fsp3) is 0.667. The molecule has 0 aromatic heterocycles. The van der Waals surface area contributed by atoms with Crippen molar-refractivity contribution in [3.8, 4) is 0 Å². The average molecular weight is 288 g/mol. The zero-order chi connectivity index (χ0) is 14.5. The molecule has 116 valence electrons. The molecule has 1 aliphatic carbocycles. The van der Waals surface area contributed by atoms with E-state index >= 15 is 0 Å². The highest BCUT2D eigenvalue weighted by Crippen LogP contribution is 2.37. The van der Waals surface area contributed by atoms with E-state index in [0.717, 1.165) is 25.4 Å². The minimum atomic E-state index is 0.246. The molecular weight excluding hydrogens is 260 g/mol. The Morgan fingerprint density at radius 1 is 1.19 bits per heavy atom. The van der Waals surface area contributed by atoms with Crippen LogP contribution in [0.3, 0.4) is 0 Å². The van der Waals surface area contributed by atoms with E-state index < -0.39 is 0 Å². The van der Waals surface area contributed by atoms with Gasteiger partial charge in [-0.2, -0.15) is 0 Å². The van der Waals surface area contributed by atoms with Crippen LogP contribution in [0.15, 0.2) is 24.3 Å². The molecule has 3 rings (SSSR count). The summed E-state index contributed by atoms with van der Waals surface area (Å²) in [6, 6.07) is 9.26. The van der Waals surface area contributed by atoms with Crippen molar-refractivity contribution in [3.05, 3.63) is 35.4 Å². The average Bonchev–Trinajstić information content (AvgIpc) is 2.48. The normalized spacial score (nSPS) is 24.5. The molecule has 2 atom stereocenters. The maximum atomic E-state index is 5.83. The maximum absolute atomic E-state index is 5.83. The van der Waals surface area contributed by atoms with Gasteiger partial charge in [0.15, 0.2) is 0 Å². The van der Waals surface area contributed by atoms with Crippen molar-refractivity contribution < 1.29 is 4.74 Å². The number of hydrogen-bond donors (Lipinski definition) is 2. The van der Waals surface area contributed by atoms with Crippen LogP contribution in [0.5, 0.6) is 0 Å². The molecule has 0 amide bonds. The molecule has 1 saturated heterocycles. The third-order valence-electron chi connectivity index (χ3n) is 5.14. The van der Waals surface area contributed by atoms with E-state index in [1.54, 1.807) is 0 Å². The highest BCUT2D eigenvalue weighted by atomic mass is 16.5. The zero-order valence-electron chi connectivity index (χ0n) is 12.9. The van der Waals surface area contributed by atoms with Gasteiger partial charge in [0.05, 0.1) is 6.10 Å². The first-order chi connectivity index (χ1) is 10.4. The summed E-state index contributed by atoms with van der Waals surface area (Å²) < 4.78 is 5.83. The second-order valence-electron chi connectivity index (χ2n) is 6.58. The first kappa shape index (κ1) is 15.0. The van der Waals surface area contributed by atoms with Crippen molar-refractivity contribution in [3.63, 3.8) is 0 Å². The van der Waals surface area contributed by atoms with Gasteiger partial charge < -0.3 is 4.74 Å². The SMILES string of the molecule is NNC(CCC1CCCCO1)c1cccc(C2CCC2)c1. The lowest BCUT2D eigenvalue weighted by atomic mass is 9.79. The third-order valence-corrected chi connectivity index (χ3v) is 5.14. The molecule has 0 spiro atoms. The van der Waals surface area contributed by atoms with E-state index in [-0.39, 0.29) is 6.04 Å². The lowest BCUT2D eigenvalue weighted by Gasteiger charge is -2.28. The largest absolute Gasteiger partial charge is 0.378 e. The summed E-state index contributed by atoms with van der Waals surface area (Å²) in [4.78, 5) is 0. The van der Waals surface area contributed by atoms with Gasteiger partial charge >= 0.3 is 0 Å². The van der Waals surface area contributed by atoms with Crippen LogP contribution < -0.4 is 11.3 Å². The van der Waals surface area contributed by atoms with Gasteiger partial charge in [0.1, 0.15) is 0 Å². The number of hydrazine groups is 1. The van der Waals surface area contributed by atoms with Gasteiger partial charge in [-0.3, -0.25) is 11.3 Å². The van der Waals surface area contributed by atoms with Gasteiger partial charge in [-0.25, -0.2) is 0 Å². The summed E-state index contributed by atoms with van der Waals surface area (Å²) in [6.07, 6.45) is 10.4. The number of nitrogens with one attached hydrogen (secondary N) is 1. The van der Waals surface area contributed by atoms with Crippen LogP contribution in [-0.4, -0.2) is 12.7 Å². The first-order valence-electron chi connectivity index (χ1n) is 8.54. The second-order valence-corrected chi connectivity index (χ2v) is 6.58. The Labute approximate surface area is 128 Å². The van der Waals surface area contributed by atoms with Crippen LogP contribution in [0, 0.1) is 0 Å². The lowest BCUT2D eigenvalue weighted by molar-refractivity contribution is 0.00854. The van der Waals surface area contributed by atoms with Gasteiger partial charge in [0.2, 0.25) is 0 Å². The van der Waals surface area contributed by atoms with E-state index in [1.165, 1.54) is 49.7 Å². The number of rotatable bonds is 6. The molecule has 3 nitrogen and oxygen atoms in total. The molecule has 0 radical (unpaired) electrons. The van der Waals surface area contributed by atoms with E-state index in [0.29, 0.717) is 6.10 Å². The van der Waals surface area contributed by atoms with Crippen LogP contribution >= 0.6 is 0 Å². The summed E-state index contributed by atoms with van der Waals surface area (Å²) in [5, 5.41) is 0. The molecule has 21 heavy (non-hydrogen) atoms. The molecule has 2 aliphatic rings. The Morgan fingerprint density at radius 2 is 2.10 bits per heavy atom. The van der Waals surface area contributed by atoms with Crippen molar-refractivity contribution in [2.45, 2.75) is 69.4 Å². The fourth-order valence-corrected chi connectivity index (χ4v) is 3.51. The van der Waals surface area contributed by atoms with E-state index in [9.17, 15) is 0 Å². The minimum absolute atomic E-state index is 0.246. The standard InChI is InChI=1S/C18H28N2O/c19-20-18(11-10-17-9-1-2-12-21-17)16-8-4-7-15(13-16)14-5-3-6-14/h4,7-8,13-14,17-18,20H,1-3,5-6,9-12,19H2. The molecule has 1 aromatic rings. The van der Waals surface area contributed by atoms with Crippen molar-refractivity contribution in [1.82, 2.24) is 5.43 Å². The quantitative estimate of drug-likeness (QED) is 0.618. The van der Waals surface area contributed by atoms with Gasteiger partial charge in [-0.15, -0.1) is 0 Å². The second kappa shape index (κ2) is 7.39. The van der Waals surface area contributed by atoms with Gasteiger partial charge in [0, 0.05) is 12.6 Å². The Morgan fingerprint density at radius 3 is 2.76 bits per heavy atom. The molecule has 3 heteroatoms. The molecule has 2 unspecified atom stereocenters. The number of benzene rings is 1. The number of ether oxygens (including phenoxy) is 1. The Balaban J connectivity index is 1.59. The predicted octanol–water partition coefficient (Wildman–Crippen LogP) is 3.81. The smallest absolute Gasteiger partial charge is 0.0575 e. The van der Waals surface area contributed by atoms with Crippen molar-refractivity contribution in [1.29, 1.82) is 0 Å². The molecule has 0 bridgehead atoms. The predicted molar refractivity (Wildman–Crippen MR) is 85.9 cm³/mol. The Hall–Kier alpha value is -0.900. The molecule has 1 heterocycles. The number of nitrogens with two attached hydrogens (primary N) is 1. The summed E-state index contributed by atoms with van der Waals surface area (Å²) in [5.74, 6) is 6.58. The first-order valence-corrected chi connectivity index (χ1v) is 8.54. The molecule has 1 saturated carbocycles. The van der Waals surface area contributed by atoms with E-state index in [1.807, 2.05) is 0 Å². The molecule has 3 N–H and O–H groups in total. The third kappa shape index (κ3) is 3.85. The topological polar surface area (TPSA) is 47.3 Å². The highest BCUT2D eigenvalue weighted by Gasteiger charge is 2.21. The molecule has 1 aromatic carbocycles. The van der Waals surface area contributed by atoms with Crippen LogP contribution in [-0.2, 0) is 4.74 Å². The van der Waals surface area contributed by atoms with Crippen LogP contribution in [0.25, 0.3) is 0 Å². The molecule has 2 fully saturated rings. The highest BCUT2D eigenvalue weighted by molar-refractivity contribution is 5.29. The zero-order valence-corrected chi connectivity index (χ0v) is 12.9. The van der Waals surface area contributed by atoms with Gasteiger partial charge in [-0.1, -0.05) is 30.7 Å². The van der Waals surface area contributed by atoms with Crippen LogP contribution in [0.4, 0.5) is 0 Å².